The Morgan fingerprint density at radius 3 is 2.16 bits per heavy atom. The van der Waals surface area contributed by atoms with Crippen LogP contribution in [0.15, 0.2) is 36.4 Å². The van der Waals surface area contributed by atoms with Crippen molar-refractivity contribution in [2.75, 3.05) is 35.1 Å². The van der Waals surface area contributed by atoms with Crippen LogP contribution < -0.4 is 9.47 Å². The molecule has 1 aromatic carbocycles. The number of hydrogen-bond donors (Lipinski definition) is 4. The number of aliphatic hydroxyl groups excluding tert-OH is 3. The minimum absolute atomic E-state index is 0.0244. The number of nitrogens with zero attached hydrogens (tertiary/aromatic N) is 1. The molecule has 0 aliphatic carbocycles. The molecule has 1 amide bonds. The van der Waals surface area contributed by atoms with Crippen LogP contribution in [0.5, 0.6) is 11.5 Å². The van der Waals surface area contributed by atoms with E-state index in [1.54, 1.807) is 74.7 Å². The van der Waals surface area contributed by atoms with Gasteiger partial charge in [-0.2, -0.15) is 0 Å². The van der Waals surface area contributed by atoms with Crippen LogP contribution in [0.4, 0.5) is 0 Å². The fraction of sp³-hybridized carbons (Fsp3) is 0.740. The van der Waals surface area contributed by atoms with Crippen LogP contribution in [0.2, 0.25) is 0 Å². The van der Waals surface area contributed by atoms with E-state index < -0.39 is 114 Å². The van der Waals surface area contributed by atoms with E-state index in [2.05, 4.69) is 0 Å². The molecule has 0 bridgehead atoms. The summed E-state index contributed by atoms with van der Waals surface area (Å²) in [5.74, 6) is -3.91. The largest absolute Gasteiger partial charge is 0.459 e. The van der Waals surface area contributed by atoms with E-state index in [0.717, 1.165) is 5.56 Å². The van der Waals surface area contributed by atoms with E-state index in [4.69, 9.17) is 42.6 Å². The lowest BCUT2D eigenvalue weighted by molar-refractivity contribution is -0.847. The Labute approximate surface area is 396 Å². The number of carbonyl (C=O) groups is 3. The van der Waals surface area contributed by atoms with E-state index in [1.165, 1.54) is 34.1 Å². The lowest BCUT2D eigenvalue weighted by Crippen LogP contribution is -2.65. The maximum Gasteiger partial charge on any atom is 0.338 e. The van der Waals surface area contributed by atoms with Gasteiger partial charge in [-0.25, -0.2) is 4.79 Å². The van der Waals surface area contributed by atoms with Gasteiger partial charge in [0.15, 0.2) is 30.2 Å². The first-order valence-corrected chi connectivity index (χ1v) is 23.6. The van der Waals surface area contributed by atoms with Gasteiger partial charge in [0.2, 0.25) is 6.79 Å². The highest BCUT2D eigenvalue weighted by Gasteiger charge is 2.55. The highest BCUT2D eigenvalue weighted by molar-refractivity contribution is 5.84. The topological polar surface area (TPSA) is 215 Å². The number of ketones is 1. The second kappa shape index (κ2) is 21.8. The van der Waals surface area contributed by atoms with Gasteiger partial charge < -0.3 is 63.1 Å². The minimum atomic E-state index is -2.02. The lowest BCUT2D eigenvalue weighted by Gasteiger charge is -2.50. The fourth-order valence-corrected chi connectivity index (χ4v) is 10.4. The van der Waals surface area contributed by atoms with Crippen molar-refractivity contribution in [3.8, 4) is 11.5 Å². The molecule has 4 aliphatic heterocycles. The van der Waals surface area contributed by atoms with E-state index >= 15 is 0 Å². The number of quaternary nitrogens is 1. The molecule has 4 heterocycles. The van der Waals surface area contributed by atoms with Gasteiger partial charge in [-0.3, -0.25) is 14.1 Å². The molecule has 3 saturated heterocycles. The zero-order chi connectivity index (χ0) is 50.0. The van der Waals surface area contributed by atoms with Crippen LogP contribution in [-0.2, 0) is 47.5 Å². The third-order valence-corrected chi connectivity index (χ3v) is 15.0. The van der Waals surface area contributed by atoms with Crippen LogP contribution >= 0.6 is 0 Å². The molecule has 17 heteroatoms. The van der Waals surface area contributed by atoms with Crippen molar-refractivity contribution in [1.82, 2.24) is 0 Å². The number of esters is 1. The zero-order valence-corrected chi connectivity index (χ0v) is 41.9. The Balaban J connectivity index is 1.53. The Bertz CT molecular complexity index is 1940. The van der Waals surface area contributed by atoms with Crippen molar-refractivity contribution in [3.63, 3.8) is 0 Å². The van der Waals surface area contributed by atoms with Crippen LogP contribution in [0.3, 0.4) is 0 Å². The maximum atomic E-state index is 14.4. The highest BCUT2D eigenvalue weighted by Crippen LogP contribution is 2.42. The summed E-state index contributed by atoms with van der Waals surface area (Å²) in [4.78, 5) is 42.7. The van der Waals surface area contributed by atoms with E-state index in [9.17, 15) is 34.8 Å². The number of Topliss-reactive ketones (excluding diaryl/α,β-unsaturated/α-hetero) is 1. The van der Waals surface area contributed by atoms with Gasteiger partial charge in [0, 0.05) is 50.9 Å². The maximum absolute atomic E-state index is 14.4. The third-order valence-electron chi connectivity index (χ3n) is 15.0. The molecule has 67 heavy (non-hydrogen) atoms. The number of cyclic esters (lactones) is 1. The van der Waals surface area contributed by atoms with Crippen molar-refractivity contribution in [3.05, 3.63) is 42.0 Å². The number of likely N-dealkylation sites (N-methyl/N-ethyl adjacent to an activating group) is 1. The van der Waals surface area contributed by atoms with Gasteiger partial charge in [-0.15, -0.1) is 0 Å². The number of amides is 1. The first-order valence-electron chi connectivity index (χ1n) is 23.6. The molecule has 1 aromatic rings. The second-order valence-corrected chi connectivity index (χ2v) is 20.4. The van der Waals surface area contributed by atoms with Gasteiger partial charge >= 0.3 is 11.9 Å². The molecule has 0 unspecified atom stereocenters. The van der Waals surface area contributed by atoms with E-state index in [-0.39, 0.29) is 42.2 Å². The molecule has 18 atom stereocenters. The Morgan fingerprint density at radius 1 is 0.866 bits per heavy atom. The third kappa shape index (κ3) is 11.7. The normalized spacial score (nSPS) is 41.6. The van der Waals surface area contributed by atoms with Crippen molar-refractivity contribution >= 4 is 23.7 Å². The smallest absolute Gasteiger partial charge is 0.338 e. The number of allylic oxidation sites excluding steroid dienone is 2. The molecule has 3 fully saturated rings. The zero-order valence-electron chi connectivity index (χ0n) is 41.9. The van der Waals surface area contributed by atoms with Crippen LogP contribution in [0.25, 0.3) is 6.08 Å². The molecule has 4 aliphatic rings. The summed E-state index contributed by atoms with van der Waals surface area (Å²) in [5, 5.41) is 46.7. The molecular formula is C50H78NO16+. The predicted octanol–water partition coefficient (Wildman–Crippen LogP) is 4.48. The monoisotopic (exact) mass is 949 g/mol. The number of benzene rings is 1. The highest BCUT2D eigenvalue weighted by atomic mass is 16.7. The minimum Gasteiger partial charge on any atom is -0.459 e. The Morgan fingerprint density at radius 2 is 1.52 bits per heavy atom. The first-order chi connectivity index (χ1) is 31.3. The number of methoxy groups -OCH3 is 2. The van der Waals surface area contributed by atoms with Crippen molar-refractivity contribution in [2.45, 2.75) is 179 Å². The van der Waals surface area contributed by atoms with Gasteiger partial charge in [-0.1, -0.05) is 52.0 Å². The molecule has 4 N–H and O–H groups in total. The molecule has 0 aromatic heterocycles. The number of rotatable bonds is 11. The summed E-state index contributed by atoms with van der Waals surface area (Å²) in [6.45, 7) is 16.9. The van der Waals surface area contributed by atoms with Crippen molar-refractivity contribution < 1.29 is 81.9 Å². The molecule has 378 valence electrons. The standard InChI is InChI=1S/C50H78NO16/c1-15-37-50(10,58)43(55)29(4)40(53)27(2)24-49(9,60-14)45(30(5)42(31(6)46(57)65-37)66-39-25-48(8,59-13)44(56)32(7)64-39)67-47-41(54)34(22-28(3)63-47)51(11,12)38(52)19-17-16-18-33-20-21-35-36(23-33)62-26-61-35/h16-21,23,27-32,34,37,39,41-45,47,54-56,58H,15,22,24-26H2,1-14H3/q+1/b18-16+,19-17+/t27-,28+,29+,30-,31+,32+,34-,37-,39+,41+,42+,43+,44+,45-,47-,48-,49-,50-/m1/s1. The number of fused-ring (bicyclic) bond motifs is 1. The van der Waals surface area contributed by atoms with Gasteiger partial charge in [-0.05, 0) is 72.1 Å². The Kier molecular flexibility index (Phi) is 17.7. The summed E-state index contributed by atoms with van der Waals surface area (Å²) in [6, 6.07) is 4.83. The average Bonchev–Trinajstić information content (AvgIpc) is 3.76. The molecule has 5 rings (SSSR count). The van der Waals surface area contributed by atoms with Crippen LogP contribution in [-0.4, -0.2) is 162 Å². The molecule has 0 radical (unpaired) electrons. The summed E-state index contributed by atoms with van der Waals surface area (Å²) in [7, 11) is 6.39. The van der Waals surface area contributed by atoms with Gasteiger partial charge in [0.25, 0.3) is 0 Å². The summed E-state index contributed by atoms with van der Waals surface area (Å²) in [5.41, 5.74) is -3.63. The fourth-order valence-electron chi connectivity index (χ4n) is 10.4. The lowest BCUT2D eigenvalue weighted by atomic mass is 9.74. The Hall–Kier alpha value is -3.33. The summed E-state index contributed by atoms with van der Waals surface area (Å²) >= 11 is 0. The van der Waals surface area contributed by atoms with E-state index in [1.807, 2.05) is 31.2 Å². The first kappa shape index (κ1) is 54.6. The number of aliphatic hydroxyl groups is 4. The van der Waals surface area contributed by atoms with Crippen molar-refractivity contribution in [1.29, 1.82) is 0 Å². The van der Waals surface area contributed by atoms with Crippen LogP contribution in [0.1, 0.15) is 100 Å². The average molecular weight is 949 g/mol. The quantitative estimate of drug-likeness (QED) is 0.104. The predicted molar refractivity (Wildman–Crippen MR) is 245 cm³/mol. The number of hydrogen-bond acceptors (Lipinski definition) is 16. The molecule has 0 spiro atoms. The second-order valence-electron chi connectivity index (χ2n) is 20.4. The van der Waals surface area contributed by atoms with Gasteiger partial charge in [0.1, 0.15) is 29.6 Å². The molecular weight excluding hydrogens is 871 g/mol. The number of ether oxygens (including phenoxy) is 9. The number of carbonyl (C=O) groups excluding carboxylic acids is 3. The van der Waals surface area contributed by atoms with E-state index in [0.29, 0.717) is 17.9 Å². The molecule has 0 saturated carbocycles. The van der Waals surface area contributed by atoms with Crippen molar-refractivity contribution in [2.24, 2.45) is 23.7 Å². The van der Waals surface area contributed by atoms with Crippen LogP contribution in [0, 0.1) is 23.7 Å². The SMILES string of the molecule is CC[C@H]1OC(=O)[C@@H](C)[C@@H](O[C@H]2C[C@@](C)(OC)[C@@H](O)[C@H](C)O2)[C@@H](C)[C@@H](O[C@H]2O[C@@H](C)C[C@@H]([N+](C)(C)C(=O)/C=C/C=C/c3ccc4c(c3)OCO4)[C@@H]2O)[C@](C)(OC)C[C@@H](C)C(=O)[C@H](C)[C@H](O)[C@]1(C)O. The summed E-state index contributed by atoms with van der Waals surface area (Å²) < 4.78 is 55.1. The van der Waals surface area contributed by atoms with Gasteiger partial charge in [0.05, 0.1) is 61.7 Å². The summed E-state index contributed by atoms with van der Waals surface area (Å²) in [6.07, 6.45) is -3.84. The molecule has 17 nitrogen and oxygen atoms in total.